The van der Waals surface area contributed by atoms with Crippen LogP contribution >= 0.6 is 39.5 Å². The van der Waals surface area contributed by atoms with E-state index in [0.717, 1.165) is 0 Å². The van der Waals surface area contributed by atoms with E-state index in [2.05, 4.69) is 33.0 Å². The van der Waals surface area contributed by atoms with Gasteiger partial charge in [0, 0.05) is 17.1 Å². The Hall–Kier alpha value is 1.62. The second-order valence-electron chi connectivity index (χ2n) is 3.67. The van der Waals surface area contributed by atoms with E-state index < -0.39 is 5.69 Å². The van der Waals surface area contributed by atoms with E-state index >= 15 is 0 Å². The van der Waals surface area contributed by atoms with Gasteiger partial charge in [0.25, 0.3) is 0 Å². The molecule has 3 atom stereocenters. The van der Waals surface area contributed by atoms with Crippen molar-refractivity contribution in [2.24, 2.45) is 0 Å². The number of hydrogen-bond acceptors (Lipinski definition) is 5. The van der Waals surface area contributed by atoms with Gasteiger partial charge in [-0.15, -0.1) is 0 Å². The summed E-state index contributed by atoms with van der Waals surface area (Å²) in [7, 11) is 5.23. The van der Waals surface area contributed by atoms with Crippen LogP contribution in [0, 0.1) is 0 Å². The van der Waals surface area contributed by atoms with Crippen LogP contribution in [-0.4, -0.2) is 23.2 Å². The molecule has 1 fully saturated rings. The molecule has 1 rings (SSSR count). The van der Waals surface area contributed by atoms with E-state index in [-0.39, 0.29) is 10.9 Å². The van der Waals surface area contributed by atoms with E-state index in [9.17, 15) is 0 Å². The van der Waals surface area contributed by atoms with Gasteiger partial charge in [0.05, 0.1) is 6.10 Å². The van der Waals surface area contributed by atoms with Gasteiger partial charge in [0.15, 0.2) is 0 Å². The second kappa shape index (κ2) is 4.86. The van der Waals surface area contributed by atoms with Crippen molar-refractivity contribution in [1.29, 1.82) is 0 Å². The van der Waals surface area contributed by atoms with Gasteiger partial charge in [-0.3, -0.25) is 0 Å². The molecule has 14 heavy (non-hydrogen) atoms. The summed E-state index contributed by atoms with van der Waals surface area (Å²) in [6.07, 6.45) is 0.112. The molecule has 84 valence electrons. The Morgan fingerprint density at radius 1 is 1.50 bits per heavy atom. The normalized spacial score (nSPS) is 35.5. The molecule has 0 aromatic carbocycles. The molecule has 0 spiro atoms. The maximum absolute atomic E-state index is 5.80. The third-order valence-corrected chi connectivity index (χ3v) is 8.23. The van der Waals surface area contributed by atoms with Gasteiger partial charge < -0.3 is 9.05 Å². The SMILES string of the molecule is COP(=S)(S)O[C@@H]1[C@H](C)SSC1(C)C. The zero-order valence-electron chi connectivity index (χ0n) is 8.59. The highest BCUT2D eigenvalue weighted by Crippen LogP contribution is 2.61. The lowest BCUT2D eigenvalue weighted by Crippen LogP contribution is -2.35. The van der Waals surface area contributed by atoms with Crippen molar-refractivity contribution in [1.82, 2.24) is 0 Å². The fourth-order valence-electron chi connectivity index (χ4n) is 1.26. The molecular formula is C7H15O2PS4. The first-order chi connectivity index (χ1) is 6.28. The van der Waals surface area contributed by atoms with Crippen LogP contribution < -0.4 is 0 Å². The number of rotatable bonds is 3. The van der Waals surface area contributed by atoms with Crippen LogP contribution in [0.25, 0.3) is 0 Å². The lowest BCUT2D eigenvalue weighted by Gasteiger charge is -2.30. The predicted molar refractivity (Wildman–Crippen MR) is 73.9 cm³/mol. The second-order valence-corrected chi connectivity index (χ2v) is 12.2. The van der Waals surface area contributed by atoms with Gasteiger partial charge in [-0.25, -0.2) is 0 Å². The van der Waals surface area contributed by atoms with Gasteiger partial charge in [-0.1, -0.05) is 33.8 Å². The van der Waals surface area contributed by atoms with E-state index in [1.165, 1.54) is 0 Å². The number of hydrogen-bond donors (Lipinski definition) is 1. The van der Waals surface area contributed by atoms with Crippen LogP contribution in [-0.2, 0) is 20.9 Å². The monoisotopic (exact) mass is 290 g/mol. The summed E-state index contributed by atoms with van der Waals surface area (Å²) in [6.45, 7) is 6.48. The molecule has 0 aliphatic carbocycles. The van der Waals surface area contributed by atoms with Crippen molar-refractivity contribution in [3.8, 4) is 0 Å². The van der Waals surface area contributed by atoms with Crippen LogP contribution in [0.4, 0.5) is 0 Å². The first-order valence-corrected chi connectivity index (χ1v) is 10.2. The maximum Gasteiger partial charge on any atom is 0.244 e. The van der Waals surface area contributed by atoms with Crippen LogP contribution in [0.1, 0.15) is 20.8 Å². The van der Waals surface area contributed by atoms with E-state index in [0.29, 0.717) is 5.25 Å². The lowest BCUT2D eigenvalue weighted by atomic mass is 10.0. The smallest absolute Gasteiger partial charge is 0.244 e. The summed E-state index contributed by atoms with van der Waals surface area (Å²) in [5.74, 6) is 0. The zero-order valence-corrected chi connectivity index (χ0v) is 12.8. The Balaban J connectivity index is 2.72. The molecule has 0 saturated carbocycles. The summed E-state index contributed by atoms with van der Waals surface area (Å²) in [5, 5.41) is 0.430. The Bertz CT molecular complexity index is 258. The highest BCUT2D eigenvalue weighted by Gasteiger charge is 2.44. The topological polar surface area (TPSA) is 18.5 Å². The molecule has 0 bridgehead atoms. The van der Waals surface area contributed by atoms with E-state index in [4.69, 9.17) is 20.9 Å². The van der Waals surface area contributed by atoms with E-state index in [1.54, 1.807) is 7.11 Å². The molecule has 1 unspecified atom stereocenters. The van der Waals surface area contributed by atoms with Crippen LogP contribution in [0.2, 0.25) is 0 Å². The molecule has 1 heterocycles. The quantitative estimate of drug-likeness (QED) is 0.483. The van der Waals surface area contributed by atoms with E-state index in [1.807, 2.05) is 21.6 Å². The van der Waals surface area contributed by atoms with Gasteiger partial charge in [0.2, 0.25) is 5.69 Å². The Kier molecular flexibility index (Phi) is 4.75. The highest BCUT2D eigenvalue weighted by molar-refractivity contribution is 8.77. The molecule has 1 saturated heterocycles. The highest BCUT2D eigenvalue weighted by atomic mass is 33.1. The molecule has 0 amide bonds. The standard InChI is InChI=1S/C7H15O2PS4/c1-5-6(7(2,3)14-13-5)9-10(11,12)8-4/h5-6H,1-4H3,(H,11,12)/t5-,6+/m0/s1. The van der Waals surface area contributed by atoms with Gasteiger partial charge in [-0.05, 0) is 32.6 Å². The molecular weight excluding hydrogens is 275 g/mol. The minimum Gasteiger partial charge on any atom is -0.325 e. The Morgan fingerprint density at radius 2 is 2.07 bits per heavy atom. The Labute approximate surface area is 104 Å². The maximum atomic E-state index is 5.80. The molecule has 0 N–H and O–H groups in total. The van der Waals surface area contributed by atoms with Crippen LogP contribution in [0.5, 0.6) is 0 Å². The molecule has 0 aromatic heterocycles. The van der Waals surface area contributed by atoms with Crippen molar-refractivity contribution < 1.29 is 9.05 Å². The first-order valence-electron chi connectivity index (χ1n) is 4.20. The third kappa shape index (κ3) is 3.30. The lowest BCUT2D eigenvalue weighted by molar-refractivity contribution is 0.172. The van der Waals surface area contributed by atoms with Gasteiger partial charge >= 0.3 is 0 Å². The summed E-state index contributed by atoms with van der Waals surface area (Å²) < 4.78 is 11.0. The largest absolute Gasteiger partial charge is 0.325 e. The summed E-state index contributed by atoms with van der Waals surface area (Å²) in [5.41, 5.74) is -2.34. The van der Waals surface area contributed by atoms with Crippen molar-refractivity contribution in [3.63, 3.8) is 0 Å². The summed E-state index contributed by atoms with van der Waals surface area (Å²) >= 11 is 9.39. The molecule has 0 radical (unpaired) electrons. The molecule has 1 aliphatic rings. The van der Waals surface area contributed by atoms with Crippen molar-refractivity contribution in [2.75, 3.05) is 7.11 Å². The van der Waals surface area contributed by atoms with Crippen molar-refractivity contribution >= 4 is 51.3 Å². The summed E-state index contributed by atoms with van der Waals surface area (Å²) in [6, 6.07) is 0. The average molecular weight is 290 g/mol. The molecule has 0 aromatic rings. The van der Waals surface area contributed by atoms with Crippen LogP contribution in [0.15, 0.2) is 0 Å². The fourth-order valence-corrected chi connectivity index (χ4v) is 5.93. The van der Waals surface area contributed by atoms with Crippen LogP contribution in [0.3, 0.4) is 0 Å². The van der Waals surface area contributed by atoms with Gasteiger partial charge in [-0.2, -0.15) is 0 Å². The predicted octanol–water partition coefficient (Wildman–Crippen LogP) is 3.73. The summed E-state index contributed by atoms with van der Waals surface area (Å²) in [4.78, 5) is 0. The molecule has 7 heteroatoms. The minimum absolute atomic E-state index is 0.0788. The van der Waals surface area contributed by atoms with Crippen molar-refractivity contribution in [2.45, 2.75) is 36.9 Å². The third-order valence-electron chi connectivity index (χ3n) is 2.00. The van der Waals surface area contributed by atoms with Gasteiger partial charge in [0.1, 0.15) is 0 Å². The Morgan fingerprint density at radius 3 is 2.43 bits per heavy atom. The first kappa shape index (κ1) is 13.7. The average Bonchev–Trinajstić information content (AvgIpc) is 2.32. The zero-order chi connectivity index (χ0) is 11.0. The molecule has 1 aliphatic heterocycles. The van der Waals surface area contributed by atoms with Crippen molar-refractivity contribution in [3.05, 3.63) is 0 Å². The minimum atomic E-state index is -2.34. The molecule has 2 nitrogen and oxygen atoms in total. The fraction of sp³-hybridized carbons (Fsp3) is 1.00. The number of thiol groups is 1.